The Bertz CT molecular complexity index is 642. The Morgan fingerprint density at radius 1 is 1.00 bits per heavy atom. The van der Waals surface area contributed by atoms with Gasteiger partial charge in [0.05, 0.1) is 27.2 Å². The van der Waals surface area contributed by atoms with Crippen molar-refractivity contribution in [3.05, 3.63) is 54.1 Å². The van der Waals surface area contributed by atoms with Crippen molar-refractivity contribution < 1.29 is 19.0 Å². The average molecular weight is 315 g/mol. The summed E-state index contributed by atoms with van der Waals surface area (Å²) in [6.07, 6.45) is 0.311. The number of rotatable bonds is 8. The number of hydrogen-bond donors (Lipinski definition) is 1. The van der Waals surface area contributed by atoms with E-state index in [2.05, 4.69) is 5.32 Å². The molecule has 0 spiro atoms. The lowest BCUT2D eigenvalue weighted by Gasteiger charge is -2.11. The molecule has 0 bridgehead atoms. The van der Waals surface area contributed by atoms with Gasteiger partial charge in [-0.3, -0.25) is 4.79 Å². The van der Waals surface area contributed by atoms with Crippen LogP contribution in [0.25, 0.3) is 0 Å². The zero-order valence-electron chi connectivity index (χ0n) is 13.4. The number of carbonyl (C=O) groups excluding carboxylic acids is 1. The second-order valence-corrected chi connectivity index (χ2v) is 4.88. The second-order valence-electron chi connectivity index (χ2n) is 4.88. The molecule has 0 aromatic heterocycles. The third-order valence-corrected chi connectivity index (χ3v) is 3.25. The molecule has 0 aliphatic carbocycles. The van der Waals surface area contributed by atoms with Gasteiger partial charge in [0.25, 0.3) is 0 Å². The molecule has 23 heavy (non-hydrogen) atoms. The minimum absolute atomic E-state index is 0.0538. The van der Waals surface area contributed by atoms with E-state index in [1.807, 2.05) is 48.5 Å². The van der Waals surface area contributed by atoms with Crippen LogP contribution in [-0.2, 0) is 11.2 Å². The van der Waals surface area contributed by atoms with Crippen molar-refractivity contribution >= 4 is 5.91 Å². The number of benzene rings is 2. The molecule has 0 radical (unpaired) electrons. The summed E-state index contributed by atoms with van der Waals surface area (Å²) in [5.41, 5.74) is 0.910. The first-order valence-corrected chi connectivity index (χ1v) is 7.38. The Labute approximate surface area is 136 Å². The van der Waals surface area contributed by atoms with E-state index in [0.29, 0.717) is 31.1 Å². The number of ether oxygens (including phenoxy) is 3. The van der Waals surface area contributed by atoms with E-state index in [9.17, 15) is 4.79 Å². The van der Waals surface area contributed by atoms with E-state index >= 15 is 0 Å². The van der Waals surface area contributed by atoms with Gasteiger partial charge in [-0.2, -0.15) is 0 Å². The van der Waals surface area contributed by atoms with Crippen LogP contribution in [0.5, 0.6) is 17.2 Å². The fourth-order valence-electron chi connectivity index (χ4n) is 2.12. The highest BCUT2D eigenvalue weighted by molar-refractivity contribution is 5.78. The van der Waals surface area contributed by atoms with Gasteiger partial charge in [-0.05, 0) is 29.8 Å². The molecule has 1 N–H and O–H groups in total. The van der Waals surface area contributed by atoms with Crippen LogP contribution in [0.3, 0.4) is 0 Å². The lowest BCUT2D eigenvalue weighted by Crippen LogP contribution is -2.29. The maximum atomic E-state index is 11.9. The molecule has 0 atom stereocenters. The Morgan fingerprint density at radius 3 is 2.52 bits per heavy atom. The first kappa shape index (κ1) is 16.7. The SMILES string of the molecule is COc1cccc(CC(=O)NCCOc2ccccc2OC)c1. The third-order valence-electron chi connectivity index (χ3n) is 3.25. The molecule has 5 heteroatoms. The molecule has 0 heterocycles. The second kappa shape index (κ2) is 8.68. The highest BCUT2D eigenvalue weighted by Gasteiger charge is 2.05. The van der Waals surface area contributed by atoms with E-state index in [0.717, 1.165) is 11.3 Å². The van der Waals surface area contributed by atoms with Gasteiger partial charge in [0.15, 0.2) is 11.5 Å². The van der Waals surface area contributed by atoms with Crippen molar-refractivity contribution in [2.45, 2.75) is 6.42 Å². The molecule has 2 aromatic rings. The molecule has 0 aliphatic heterocycles. The maximum Gasteiger partial charge on any atom is 0.224 e. The summed E-state index contributed by atoms with van der Waals surface area (Å²) in [5.74, 6) is 2.03. The Hall–Kier alpha value is -2.69. The highest BCUT2D eigenvalue weighted by Crippen LogP contribution is 2.25. The zero-order valence-corrected chi connectivity index (χ0v) is 13.4. The summed E-state index contributed by atoms with van der Waals surface area (Å²) in [5, 5.41) is 2.83. The van der Waals surface area contributed by atoms with E-state index in [1.165, 1.54) is 0 Å². The topological polar surface area (TPSA) is 56.8 Å². The quantitative estimate of drug-likeness (QED) is 0.760. The molecular weight excluding hydrogens is 294 g/mol. The fourth-order valence-corrected chi connectivity index (χ4v) is 2.12. The van der Waals surface area contributed by atoms with E-state index in [1.54, 1.807) is 14.2 Å². The molecule has 5 nitrogen and oxygen atoms in total. The first-order valence-electron chi connectivity index (χ1n) is 7.38. The molecule has 0 unspecified atom stereocenters. The van der Waals surface area contributed by atoms with Crippen molar-refractivity contribution in [2.75, 3.05) is 27.4 Å². The highest BCUT2D eigenvalue weighted by atomic mass is 16.5. The monoisotopic (exact) mass is 315 g/mol. The van der Waals surface area contributed by atoms with Crippen LogP contribution in [0.1, 0.15) is 5.56 Å². The number of carbonyl (C=O) groups is 1. The minimum atomic E-state index is -0.0538. The third kappa shape index (κ3) is 5.21. The predicted molar refractivity (Wildman–Crippen MR) is 88.2 cm³/mol. The smallest absolute Gasteiger partial charge is 0.224 e. The molecular formula is C18H21NO4. The number of para-hydroxylation sites is 2. The van der Waals surface area contributed by atoms with E-state index in [4.69, 9.17) is 14.2 Å². The molecule has 0 fully saturated rings. The van der Waals surface area contributed by atoms with Crippen molar-refractivity contribution in [1.29, 1.82) is 0 Å². The maximum absolute atomic E-state index is 11.9. The van der Waals surface area contributed by atoms with Gasteiger partial charge < -0.3 is 19.5 Å². The Balaban J connectivity index is 1.74. The van der Waals surface area contributed by atoms with Crippen molar-refractivity contribution in [3.8, 4) is 17.2 Å². The fraction of sp³-hybridized carbons (Fsp3) is 0.278. The predicted octanol–water partition coefficient (Wildman–Crippen LogP) is 2.44. The molecule has 0 saturated carbocycles. The summed E-state index contributed by atoms with van der Waals surface area (Å²) in [6, 6.07) is 14.9. The molecule has 2 rings (SSSR count). The summed E-state index contributed by atoms with van der Waals surface area (Å²) in [4.78, 5) is 11.9. The average Bonchev–Trinajstić information content (AvgIpc) is 2.59. The van der Waals surface area contributed by atoms with Crippen LogP contribution in [0, 0.1) is 0 Å². The van der Waals surface area contributed by atoms with Crippen molar-refractivity contribution in [1.82, 2.24) is 5.32 Å². The summed E-state index contributed by atoms with van der Waals surface area (Å²) < 4.78 is 15.9. The van der Waals surface area contributed by atoms with Crippen LogP contribution < -0.4 is 19.5 Å². The van der Waals surface area contributed by atoms with Crippen molar-refractivity contribution in [2.24, 2.45) is 0 Å². The van der Waals surface area contributed by atoms with Gasteiger partial charge >= 0.3 is 0 Å². The lowest BCUT2D eigenvalue weighted by molar-refractivity contribution is -0.120. The molecule has 0 aliphatic rings. The number of amides is 1. The molecule has 0 saturated heterocycles. The van der Waals surface area contributed by atoms with Crippen LogP contribution in [0.4, 0.5) is 0 Å². The van der Waals surface area contributed by atoms with E-state index < -0.39 is 0 Å². The van der Waals surface area contributed by atoms with Gasteiger partial charge in [-0.25, -0.2) is 0 Å². The van der Waals surface area contributed by atoms with Gasteiger partial charge in [-0.1, -0.05) is 24.3 Å². The lowest BCUT2D eigenvalue weighted by atomic mass is 10.1. The van der Waals surface area contributed by atoms with Gasteiger partial charge in [0, 0.05) is 0 Å². The minimum Gasteiger partial charge on any atom is -0.497 e. The largest absolute Gasteiger partial charge is 0.497 e. The summed E-state index contributed by atoms with van der Waals surface area (Å²) >= 11 is 0. The van der Waals surface area contributed by atoms with Crippen LogP contribution in [0.15, 0.2) is 48.5 Å². The Kier molecular flexibility index (Phi) is 6.29. The Morgan fingerprint density at radius 2 is 1.78 bits per heavy atom. The van der Waals surface area contributed by atoms with Crippen LogP contribution >= 0.6 is 0 Å². The number of nitrogens with one attached hydrogen (secondary N) is 1. The van der Waals surface area contributed by atoms with Crippen LogP contribution in [0.2, 0.25) is 0 Å². The van der Waals surface area contributed by atoms with E-state index in [-0.39, 0.29) is 5.91 Å². The molecule has 2 aromatic carbocycles. The number of methoxy groups -OCH3 is 2. The van der Waals surface area contributed by atoms with Gasteiger partial charge in [0.2, 0.25) is 5.91 Å². The van der Waals surface area contributed by atoms with Gasteiger partial charge in [-0.15, -0.1) is 0 Å². The molecule has 1 amide bonds. The zero-order chi connectivity index (χ0) is 16.5. The van der Waals surface area contributed by atoms with Gasteiger partial charge in [0.1, 0.15) is 12.4 Å². The molecule has 122 valence electrons. The first-order chi connectivity index (χ1) is 11.2. The summed E-state index contributed by atoms with van der Waals surface area (Å²) in [7, 11) is 3.20. The van der Waals surface area contributed by atoms with Crippen LogP contribution in [-0.4, -0.2) is 33.3 Å². The number of hydrogen-bond acceptors (Lipinski definition) is 4. The summed E-state index contributed by atoms with van der Waals surface area (Å²) in [6.45, 7) is 0.811. The standard InChI is InChI=1S/C18H21NO4/c1-21-15-7-5-6-14(12-15)13-18(20)19-10-11-23-17-9-4-3-8-16(17)22-2/h3-9,12H,10-11,13H2,1-2H3,(H,19,20). The van der Waals surface area contributed by atoms with Crippen molar-refractivity contribution in [3.63, 3.8) is 0 Å². The normalized spacial score (nSPS) is 10.0.